The lowest BCUT2D eigenvalue weighted by Gasteiger charge is -2.55. The van der Waals surface area contributed by atoms with E-state index in [1.54, 1.807) is 0 Å². The van der Waals surface area contributed by atoms with Crippen molar-refractivity contribution >= 4 is 33.5 Å². The number of amides is 1. The SMILES string of the molecule is CS(=O)(=O)O.NC12CC3CC(CC(C3)C1)C2.O=C1Nc2ccc(Cl)cc2[C@@](C#CC2CC2)(C(F)(F)F)O1. The predicted molar refractivity (Wildman–Crippen MR) is 132 cm³/mol. The Hall–Kier alpha value is -2.00. The largest absolute Gasteiger partial charge is 0.445 e. The fourth-order valence-corrected chi connectivity index (χ4v) is 6.40. The molecule has 1 heterocycles. The Bertz CT molecular complexity index is 1180. The zero-order valence-corrected chi connectivity index (χ0v) is 21.8. The molecule has 204 valence electrons. The second kappa shape index (κ2) is 9.95. The number of hydrogen-bond acceptors (Lipinski definition) is 5. The quantitative estimate of drug-likeness (QED) is 0.284. The van der Waals surface area contributed by atoms with E-state index in [-0.39, 0.29) is 22.2 Å². The monoisotopic (exact) mass is 562 g/mol. The van der Waals surface area contributed by atoms with Crippen LogP contribution in [0.2, 0.25) is 5.02 Å². The molecule has 1 aromatic carbocycles. The van der Waals surface area contributed by atoms with Gasteiger partial charge in [0.2, 0.25) is 0 Å². The van der Waals surface area contributed by atoms with Crippen LogP contribution in [-0.4, -0.2) is 37.0 Å². The molecule has 1 atom stereocenters. The van der Waals surface area contributed by atoms with Crippen molar-refractivity contribution in [2.75, 3.05) is 11.6 Å². The Kier molecular flexibility index (Phi) is 7.54. The average Bonchev–Trinajstić information content (AvgIpc) is 3.53. The number of ether oxygens (including phenoxy) is 1. The third-order valence-corrected chi connectivity index (χ3v) is 7.59. The number of fused-ring (bicyclic) bond motifs is 1. The van der Waals surface area contributed by atoms with Gasteiger partial charge in [-0.3, -0.25) is 9.87 Å². The summed E-state index contributed by atoms with van der Waals surface area (Å²) in [6, 6.07) is 3.81. The van der Waals surface area contributed by atoms with E-state index in [4.69, 9.17) is 21.9 Å². The van der Waals surface area contributed by atoms with Crippen molar-refractivity contribution in [2.45, 2.75) is 68.7 Å². The van der Waals surface area contributed by atoms with Crippen molar-refractivity contribution in [2.24, 2.45) is 29.4 Å². The molecule has 0 saturated heterocycles. The summed E-state index contributed by atoms with van der Waals surface area (Å²) in [5, 5.41) is 2.34. The summed E-state index contributed by atoms with van der Waals surface area (Å²) < 4.78 is 71.3. The second-order valence-electron chi connectivity index (χ2n) is 10.9. The van der Waals surface area contributed by atoms with Gasteiger partial charge in [-0.25, -0.2) is 4.79 Å². The Labute approximate surface area is 219 Å². The first-order valence-electron chi connectivity index (χ1n) is 12.2. The molecule has 12 heteroatoms. The summed E-state index contributed by atoms with van der Waals surface area (Å²) in [5.74, 6) is 7.66. The van der Waals surface area contributed by atoms with Crippen LogP contribution in [0.3, 0.4) is 0 Å². The van der Waals surface area contributed by atoms with Crippen LogP contribution in [0.4, 0.5) is 23.7 Å². The molecule has 7 rings (SSSR count). The van der Waals surface area contributed by atoms with Gasteiger partial charge >= 0.3 is 12.3 Å². The number of alkyl halides is 3. The summed E-state index contributed by atoms with van der Waals surface area (Å²) in [4.78, 5) is 11.5. The van der Waals surface area contributed by atoms with E-state index < -0.39 is 28.0 Å². The van der Waals surface area contributed by atoms with Gasteiger partial charge in [0.1, 0.15) is 0 Å². The molecule has 37 heavy (non-hydrogen) atoms. The molecule has 7 nitrogen and oxygen atoms in total. The topological polar surface area (TPSA) is 119 Å². The van der Waals surface area contributed by atoms with E-state index in [1.165, 1.54) is 50.7 Å². The summed E-state index contributed by atoms with van der Waals surface area (Å²) in [6.45, 7) is 0. The van der Waals surface area contributed by atoms with Crippen molar-refractivity contribution in [1.82, 2.24) is 0 Å². The van der Waals surface area contributed by atoms with Crippen LogP contribution < -0.4 is 11.1 Å². The molecular weight excluding hydrogens is 533 g/mol. The summed E-state index contributed by atoms with van der Waals surface area (Å²) in [5.41, 5.74) is 3.35. The maximum atomic E-state index is 13.6. The molecule has 5 saturated carbocycles. The van der Waals surface area contributed by atoms with Gasteiger partial charge in [0.25, 0.3) is 15.7 Å². The molecule has 1 aliphatic heterocycles. The maximum Gasteiger partial charge on any atom is 0.445 e. The lowest BCUT2D eigenvalue weighted by Crippen LogP contribution is -2.55. The van der Waals surface area contributed by atoms with Crippen molar-refractivity contribution < 1.29 is 35.7 Å². The highest BCUT2D eigenvalue weighted by Gasteiger charge is 2.62. The molecule has 0 spiro atoms. The average molecular weight is 563 g/mol. The van der Waals surface area contributed by atoms with Crippen LogP contribution in [0.15, 0.2) is 18.2 Å². The Morgan fingerprint density at radius 2 is 1.65 bits per heavy atom. The standard InChI is InChI=1S/C14H9ClF3NO2.C10H17N.CH4O3S/c15-9-3-4-11-10(7-9)13(14(16,17)18,21-12(20)19-11)6-5-8-1-2-8;11-10-4-7-1-8(5-10)3-9(2-7)6-10;1-5(2,3)4/h3-4,7-8H,1-2H2,(H,19,20);7-9H,1-6,11H2;1H3,(H,2,3,4)/t13-;;/m0../s1. The predicted octanol–water partition coefficient (Wildman–Crippen LogP) is 5.49. The highest BCUT2D eigenvalue weighted by molar-refractivity contribution is 7.85. The number of nitrogens with one attached hydrogen (secondary N) is 1. The molecule has 0 aromatic heterocycles. The number of halogens is 4. The van der Waals surface area contributed by atoms with E-state index in [1.807, 2.05) is 0 Å². The van der Waals surface area contributed by atoms with Crippen LogP contribution in [0.25, 0.3) is 0 Å². The number of benzene rings is 1. The highest BCUT2D eigenvalue weighted by Crippen LogP contribution is 2.54. The fraction of sp³-hybridized carbons (Fsp3) is 0.640. The van der Waals surface area contributed by atoms with E-state index in [0.29, 0.717) is 11.8 Å². The third-order valence-electron chi connectivity index (χ3n) is 7.36. The van der Waals surface area contributed by atoms with Gasteiger partial charge in [-0.15, -0.1) is 0 Å². The Morgan fingerprint density at radius 1 is 1.14 bits per heavy atom. The number of nitrogens with two attached hydrogens (primary N) is 1. The summed E-state index contributed by atoms with van der Waals surface area (Å²) in [6.07, 6.45) is 4.75. The minimum Gasteiger partial charge on any atom is -0.415 e. The molecular formula is C25H30ClF3N2O5S. The van der Waals surface area contributed by atoms with Crippen LogP contribution in [0.5, 0.6) is 0 Å². The number of anilines is 1. The minimum atomic E-state index is -4.87. The van der Waals surface area contributed by atoms with E-state index in [2.05, 4.69) is 21.9 Å². The van der Waals surface area contributed by atoms with Crippen molar-refractivity contribution in [1.29, 1.82) is 0 Å². The molecule has 4 N–H and O–H groups in total. The minimum absolute atomic E-state index is 0.00179. The van der Waals surface area contributed by atoms with Gasteiger partial charge in [-0.05, 0) is 93.2 Å². The van der Waals surface area contributed by atoms with E-state index in [0.717, 1.165) is 36.7 Å². The number of rotatable bonds is 0. The zero-order valence-electron chi connectivity index (χ0n) is 20.3. The van der Waals surface area contributed by atoms with Crippen molar-refractivity contribution in [3.05, 3.63) is 28.8 Å². The van der Waals surface area contributed by atoms with Gasteiger partial charge in [-0.2, -0.15) is 21.6 Å². The first-order chi connectivity index (χ1) is 17.1. The fourth-order valence-electron chi connectivity index (χ4n) is 6.23. The molecule has 4 bridgehead atoms. The van der Waals surface area contributed by atoms with Gasteiger partial charge in [-0.1, -0.05) is 17.5 Å². The number of carbonyl (C=O) groups excluding carboxylic acids is 1. The first-order valence-corrected chi connectivity index (χ1v) is 14.4. The molecule has 6 aliphatic rings. The molecule has 0 radical (unpaired) electrons. The van der Waals surface area contributed by atoms with E-state index >= 15 is 0 Å². The number of hydrogen-bond donors (Lipinski definition) is 3. The normalized spacial score (nSPS) is 33.3. The van der Waals surface area contributed by atoms with Crippen molar-refractivity contribution in [3.8, 4) is 11.8 Å². The molecule has 1 amide bonds. The van der Waals surface area contributed by atoms with E-state index in [9.17, 15) is 26.4 Å². The Balaban J connectivity index is 0.000000165. The van der Waals surface area contributed by atoms with Gasteiger partial charge < -0.3 is 10.5 Å². The van der Waals surface area contributed by atoms with Gasteiger partial charge in [0.05, 0.1) is 11.9 Å². The second-order valence-corrected chi connectivity index (χ2v) is 12.8. The maximum absolute atomic E-state index is 13.6. The Morgan fingerprint density at radius 3 is 2.08 bits per heavy atom. The van der Waals surface area contributed by atoms with Crippen LogP contribution in [0, 0.1) is 35.5 Å². The first kappa shape index (κ1) is 28.0. The molecule has 5 fully saturated rings. The highest BCUT2D eigenvalue weighted by atomic mass is 35.5. The molecule has 1 aromatic rings. The lowest BCUT2D eigenvalue weighted by molar-refractivity contribution is -0.239. The number of cyclic esters (lactones) is 1. The molecule has 0 unspecified atom stereocenters. The van der Waals surface area contributed by atoms with Crippen LogP contribution >= 0.6 is 11.6 Å². The van der Waals surface area contributed by atoms with Gasteiger partial charge in [0, 0.05) is 22.0 Å². The van der Waals surface area contributed by atoms with Crippen LogP contribution in [-0.2, 0) is 20.5 Å². The summed E-state index contributed by atoms with van der Waals surface area (Å²) >= 11 is 5.78. The van der Waals surface area contributed by atoms with Crippen LogP contribution in [0.1, 0.15) is 56.9 Å². The number of carbonyl (C=O) groups is 1. The van der Waals surface area contributed by atoms with Crippen molar-refractivity contribution in [3.63, 3.8) is 0 Å². The summed E-state index contributed by atoms with van der Waals surface area (Å²) in [7, 11) is -3.67. The third kappa shape index (κ3) is 6.91. The lowest BCUT2D eigenvalue weighted by atomic mass is 9.53. The van der Waals surface area contributed by atoms with Gasteiger partial charge in [0.15, 0.2) is 0 Å². The smallest absolute Gasteiger partial charge is 0.415 e. The zero-order chi connectivity index (χ0) is 27.2. The molecule has 5 aliphatic carbocycles.